The molecule has 118 valence electrons. The van der Waals surface area contributed by atoms with E-state index in [0.717, 1.165) is 27.9 Å². The first-order valence-electron chi connectivity index (χ1n) is 7.53. The summed E-state index contributed by atoms with van der Waals surface area (Å²) in [6.07, 6.45) is 1.51. The molecule has 1 aromatic carbocycles. The number of hydrogen-bond donors (Lipinski definition) is 0. The number of nitrogens with zero attached hydrogens (tertiary/aromatic N) is 3. The van der Waals surface area contributed by atoms with E-state index in [0.29, 0.717) is 5.56 Å². The van der Waals surface area contributed by atoms with Crippen molar-refractivity contribution in [2.45, 2.75) is 26.8 Å². The Kier molecular flexibility index (Phi) is 3.86. The summed E-state index contributed by atoms with van der Waals surface area (Å²) in [4.78, 5) is 19.2. The summed E-state index contributed by atoms with van der Waals surface area (Å²) in [5, 5.41) is 4.80. The quantitative estimate of drug-likeness (QED) is 0.740. The topological polar surface area (TPSA) is 59.2 Å². The minimum Gasteiger partial charge on any atom is -0.364 e. The van der Waals surface area contributed by atoms with Crippen molar-refractivity contribution < 1.29 is 9.32 Å². The molecule has 0 aliphatic rings. The Morgan fingerprint density at radius 2 is 2.04 bits per heavy atom. The Balaban J connectivity index is 2.06. The van der Waals surface area contributed by atoms with E-state index in [1.54, 1.807) is 18.0 Å². The highest BCUT2D eigenvalue weighted by Gasteiger charge is 2.23. The fraction of sp³-hybridized carbons (Fsp3) is 0.278. The number of fused-ring (bicyclic) bond motifs is 1. The van der Waals surface area contributed by atoms with Crippen molar-refractivity contribution in [1.82, 2.24) is 15.0 Å². The molecular weight excluding hydrogens is 290 g/mol. The van der Waals surface area contributed by atoms with Crippen LogP contribution in [0, 0.1) is 13.8 Å². The number of carbonyl (C=O) groups excluding carboxylic acids is 1. The summed E-state index contributed by atoms with van der Waals surface area (Å²) in [6, 6.07) is 9.34. The van der Waals surface area contributed by atoms with E-state index in [1.807, 2.05) is 45.0 Å². The predicted octanol–water partition coefficient (Wildman–Crippen LogP) is 3.67. The van der Waals surface area contributed by atoms with Crippen LogP contribution in [-0.2, 0) is 0 Å². The van der Waals surface area contributed by atoms with Gasteiger partial charge in [-0.2, -0.15) is 0 Å². The van der Waals surface area contributed by atoms with Crippen LogP contribution in [-0.4, -0.2) is 28.0 Å². The average Bonchev–Trinajstić information content (AvgIpc) is 3.07. The monoisotopic (exact) mass is 309 g/mol. The van der Waals surface area contributed by atoms with E-state index in [9.17, 15) is 4.79 Å². The molecule has 0 radical (unpaired) electrons. The lowest BCUT2D eigenvalue weighted by Crippen LogP contribution is -2.30. The molecule has 0 spiro atoms. The van der Waals surface area contributed by atoms with Crippen LogP contribution in [0.15, 0.2) is 41.1 Å². The standard InChI is InChI=1S/C18H19N3O2/c1-11-6-5-7-14-15(10-12(2)19-17(11)14)18(22)21(4)13(3)16-8-9-23-20-16/h5-10,13H,1-4H3/t13-/m0/s1. The van der Waals surface area contributed by atoms with Gasteiger partial charge in [-0.1, -0.05) is 23.4 Å². The van der Waals surface area contributed by atoms with E-state index in [2.05, 4.69) is 10.1 Å². The Morgan fingerprint density at radius 1 is 1.26 bits per heavy atom. The van der Waals surface area contributed by atoms with Gasteiger partial charge in [-0.15, -0.1) is 0 Å². The largest absolute Gasteiger partial charge is 0.364 e. The number of hydrogen-bond acceptors (Lipinski definition) is 4. The lowest BCUT2D eigenvalue weighted by molar-refractivity contribution is 0.0739. The highest BCUT2D eigenvalue weighted by atomic mass is 16.5. The van der Waals surface area contributed by atoms with Gasteiger partial charge in [0.05, 0.1) is 17.1 Å². The maximum absolute atomic E-state index is 13.0. The second-order valence-electron chi connectivity index (χ2n) is 5.80. The third kappa shape index (κ3) is 2.70. The van der Waals surface area contributed by atoms with Crippen LogP contribution < -0.4 is 0 Å². The molecule has 0 aliphatic carbocycles. The van der Waals surface area contributed by atoms with Gasteiger partial charge in [-0.25, -0.2) is 0 Å². The molecule has 3 aromatic rings. The van der Waals surface area contributed by atoms with E-state index in [1.165, 1.54) is 6.26 Å². The van der Waals surface area contributed by atoms with E-state index >= 15 is 0 Å². The summed E-state index contributed by atoms with van der Waals surface area (Å²) in [5.41, 5.74) is 4.16. The molecule has 1 amide bonds. The zero-order valence-electron chi connectivity index (χ0n) is 13.7. The molecule has 2 heterocycles. The number of amides is 1. The van der Waals surface area contributed by atoms with Gasteiger partial charge in [0, 0.05) is 24.2 Å². The number of benzene rings is 1. The van der Waals surface area contributed by atoms with Gasteiger partial charge in [0.1, 0.15) is 12.0 Å². The molecular formula is C18H19N3O2. The summed E-state index contributed by atoms with van der Waals surface area (Å²) in [7, 11) is 1.78. The molecule has 0 aliphatic heterocycles. The van der Waals surface area contributed by atoms with Crippen molar-refractivity contribution in [3.8, 4) is 0 Å². The molecule has 0 saturated carbocycles. The Morgan fingerprint density at radius 3 is 2.74 bits per heavy atom. The van der Waals surface area contributed by atoms with Crippen LogP contribution in [0.2, 0.25) is 0 Å². The molecule has 2 aromatic heterocycles. The molecule has 5 nitrogen and oxygen atoms in total. The minimum atomic E-state index is -0.172. The number of rotatable bonds is 3. The van der Waals surface area contributed by atoms with Crippen LogP contribution in [0.1, 0.15) is 40.3 Å². The smallest absolute Gasteiger partial charge is 0.254 e. The lowest BCUT2D eigenvalue weighted by atomic mass is 10.0. The summed E-state index contributed by atoms with van der Waals surface area (Å²) >= 11 is 0. The maximum atomic E-state index is 13.0. The van der Waals surface area contributed by atoms with Gasteiger partial charge in [0.25, 0.3) is 5.91 Å². The molecule has 0 bridgehead atoms. The Bertz CT molecular complexity index is 856. The fourth-order valence-corrected chi connectivity index (χ4v) is 2.70. The van der Waals surface area contributed by atoms with E-state index < -0.39 is 0 Å². The molecule has 0 unspecified atom stereocenters. The normalized spacial score (nSPS) is 12.3. The first-order valence-corrected chi connectivity index (χ1v) is 7.53. The number of carbonyl (C=O) groups is 1. The first kappa shape index (κ1) is 15.2. The highest BCUT2D eigenvalue weighted by molar-refractivity contribution is 6.06. The van der Waals surface area contributed by atoms with E-state index in [4.69, 9.17) is 4.52 Å². The van der Waals surface area contributed by atoms with Crippen molar-refractivity contribution >= 4 is 16.8 Å². The maximum Gasteiger partial charge on any atom is 0.254 e. The number of pyridine rings is 1. The summed E-state index contributed by atoms with van der Waals surface area (Å²) in [6.45, 7) is 5.84. The second kappa shape index (κ2) is 5.83. The number of para-hydroxylation sites is 1. The average molecular weight is 309 g/mol. The van der Waals surface area contributed by atoms with Gasteiger partial charge in [0.15, 0.2) is 0 Å². The predicted molar refractivity (Wildman–Crippen MR) is 88.2 cm³/mol. The molecule has 0 fully saturated rings. The van der Waals surface area contributed by atoms with Crippen LogP contribution in [0.4, 0.5) is 0 Å². The SMILES string of the molecule is Cc1cc(C(=O)N(C)[C@@H](C)c2ccon2)c2cccc(C)c2n1. The molecule has 5 heteroatoms. The summed E-state index contributed by atoms with van der Waals surface area (Å²) < 4.78 is 4.88. The zero-order chi connectivity index (χ0) is 16.6. The second-order valence-corrected chi connectivity index (χ2v) is 5.80. The number of aryl methyl sites for hydroxylation is 2. The van der Waals surface area contributed by atoms with Gasteiger partial charge in [-0.05, 0) is 32.4 Å². The van der Waals surface area contributed by atoms with Gasteiger partial charge in [0.2, 0.25) is 0 Å². The van der Waals surface area contributed by atoms with E-state index in [-0.39, 0.29) is 11.9 Å². The van der Waals surface area contributed by atoms with Crippen LogP contribution in [0.3, 0.4) is 0 Å². The summed E-state index contributed by atoms with van der Waals surface area (Å²) in [5.74, 6) is -0.0541. The third-order valence-corrected chi connectivity index (χ3v) is 4.19. The molecule has 0 N–H and O–H groups in total. The number of aromatic nitrogens is 2. The Hall–Kier alpha value is -2.69. The van der Waals surface area contributed by atoms with Crippen LogP contribution in [0.5, 0.6) is 0 Å². The van der Waals surface area contributed by atoms with Crippen LogP contribution >= 0.6 is 0 Å². The van der Waals surface area contributed by atoms with Crippen molar-refractivity contribution in [3.05, 3.63) is 59.1 Å². The van der Waals surface area contributed by atoms with Gasteiger partial charge < -0.3 is 9.42 Å². The molecule has 0 saturated heterocycles. The minimum absolute atomic E-state index is 0.0541. The molecule has 3 rings (SSSR count). The van der Waals surface area contributed by atoms with Crippen LogP contribution in [0.25, 0.3) is 10.9 Å². The fourth-order valence-electron chi connectivity index (χ4n) is 2.70. The lowest BCUT2D eigenvalue weighted by Gasteiger charge is -2.24. The van der Waals surface area contributed by atoms with Crippen molar-refractivity contribution in [2.24, 2.45) is 0 Å². The Labute approximate surface area is 134 Å². The van der Waals surface area contributed by atoms with Gasteiger partial charge >= 0.3 is 0 Å². The van der Waals surface area contributed by atoms with Crippen molar-refractivity contribution in [1.29, 1.82) is 0 Å². The van der Waals surface area contributed by atoms with Crippen molar-refractivity contribution in [3.63, 3.8) is 0 Å². The highest BCUT2D eigenvalue weighted by Crippen LogP contribution is 2.25. The zero-order valence-corrected chi connectivity index (χ0v) is 13.7. The molecule has 23 heavy (non-hydrogen) atoms. The molecule has 1 atom stereocenters. The van der Waals surface area contributed by atoms with Gasteiger partial charge in [-0.3, -0.25) is 9.78 Å². The third-order valence-electron chi connectivity index (χ3n) is 4.19. The first-order chi connectivity index (χ1) is 11.0. The van der Waals surface area contributed by atoms with Crippen molar-refractivity contribution in [2.75, 3.05) is 7.05 Å².